The molecule has 3 rings (SSSR count). The number of para-hydroxylation sites is 2. The molecule has 0 spiro atoms. The van der Waals surface area contributed by atoms with Gasteiger partial charge in [-0.2, -0.15) is 0 Å². The molecule has 3 N–H and O–H groups in total. The highest BCUT2D eigenvalue weighted by atomic mass is 35.5. The summed E-state index contributed by atoms with van der Waals surface area (Å²) < 4.78 is 5.21. The van der Waals surface area contributed by atoms with Crippen LogP contribution in [0.5, 0.6) is 5.75 Å². The lowest BCUT2D eigenvalue weighted by atomic mass is 10.1. The third-order valence-corrected chi connectivity index (χ3v) is 5.51. The SMILES string of the molecule is COc1ccccc1NC(=O)Nc1nc(C)c(C(=O)NCCc2ccc(Cl)cc2)s1. The molecule has 0 atom stereocenters. The van der Waals surface area contributed by atoms with Crippen LogP contribution in [-0.2, 0) is 6.42 Å². The lowest BCUT2D eigenvalue weighted by molar-refractivity contribution is 0.0957. The normalized spacial score (nSPS) is 10.4. The highest BCUT2D eigenvalue weighted by Gasteiger charge is 2.17. The molecule has 9 heteroatoms. The number of methoxy groups -OCH3 is 1. The molecule has 0 unspecified atom stereocenters. The molecular weight excluding hydrogens is 424 g/mol. The average molecular weight is 445 g/mol. The summed E-state index contributed by atoms with van der Waals surface area (Å²) >= 11 is 7.00. The third kappa shape index (κ3) is 5.71. The molecule has 0 bridgehead atoms. The molecule has 1 heterocycles. The summed E-state index contributed by atoms with van der Waals surface area (Å²) in [6.45, 7) is 2.21. The van der Waals surface area contributed by atoms with Crippen molar-refractivity contribution in [3.05, 3.63) is 69.7 Å². The van der Waals surface area contributed by atoms with Crippen LogP contribution in [0.4, 0.5) is 15.6 Å². The molecule has 0 aliphatic rings. The van der Waals surface area contributed by atoms with Crippen LogP contribution < -0.4 is 20.7 Å². The number of carbonyl (C=O) groups is 2. The predicted molar refractivity (Wildman–Crippen MR) is 120 cm³/mol. The maximum atomic E-state index is 12.5. The van der Waals surface area contributed by atoms with Crippen molar-refractivity contribution in [1.82, 2.24) is 10.3 Å². The lowest BCUT2D eigenvalue weighted by Gasteiger charge is -2.09. The number of halogens is 1. The quantitative estimate of drug-likeness (QED) is 0.491. The van der Waals surface area contributed by atoms with Crippen LogP contribution in [0.3, 0.4) is 0 Å². The molecule has 7 nitrogen and oxygen atoms in total. The third-order valence-electron chi connectivity index (χ3n) is 4.19. The summed E-state index contributed by atoms with van der Waals surface area (Å²) in [6, 6.07) is 14.1. The topological polar surface area (TPSA) is 92.3 Å². The number of carbonyl (C=O) groups excluding carboxylic acids is 2. The van der Waals surface area contributed by atoms with Gasteiger partial charge in [0, 0.05) is 11.6 Å². The lowest BCUT2D eigenvalue weighted by Crippen LogP contribution is -2.25. The van der Waals surface area contributed by atoms with Gasteiger partial charge < -0.3 is 15.4 Å². The van der Waals surface area contributed by atoms with E-state index in [0.717, 1.165) is 16.9 Å². The Hall–Kier alpha value is -3.10. The smallest absolute Gasteiger partial charge is 0.325 e. The van der Waals surface area contributed by atoms with Gasteiger partial charge in [0.05, 0.1) is 18.5 Å². The van der Waals surface area contributed by atoms with Gasteiger partial charge in [-0.3, -0.25) is 10.1 Å². The number of aryl methyl sites for hydroxylation is 1. The molecule has 0 radical (unpaired) electrons. The zero-order valence-corrected chi connectivity index (χ0v) is 18.1. The largest absolute Gasteiger partial charge is 0.495 e. The standard InChI is InChI=1S/C21H21ClN4O3S/c1-13-18(19(27)23-12-11-14-7-9-15(22)10-8-14)30-21(24-13)26-20(28)25-16-5-3-4-6-17(16)29-2/h3-10H,11-12H2,1-2H3,(H,23,27)(H2,24,25,26,28). The number of ether oxygens (including phenoxy) is 1. The van der Waals surface area contributed by atoms with E-state index >= 15 is 0 Å². The van der Waals surface area contributed by atoms with E-state index in [9.17, 15) is 9.59 Å². The van der Waals surface area contributed by atoms with Gasteiger partial charge in [0.25, 0.3) is 5.91 Å². The summed E-state index contributed by atoms with van der Waals surface area (Å²) in [5.41, 5.74) is 2.17. The average Bonchev–Trinajstić information content (AvgIpc) is 3.09. The zero-order chi connectivity index (χ0) is 21.5. The molecule has 3 aromatic rings. The van der Waals surface area contributed by atoms with Crippen molar-refractivity contribution >= 4 is 45.7 Å². The minimum absolute atomic E-state index is 0.225. The van der Waals surface area contributed by atoms with Gasteiger partial charge >= 0.3 is 6.03 Å². The highest BCUT2D eigenvalue weighted by Crippen LogP contribution is 2.25. The second-order valence-electron chi connectivity index (χ2n) is 6.35. The number of benzene rings is 2. The van der Waals surface area contributed by atoms with Gasteiger partial charge in [-0.05, 0) is 43.2 Å². The van der Waals surface area contributed by atoms with Crippen molar-refractivity contribution in [3.63, 3.8) is 0 Å². The van der Waals surface area contributed by atoms with Crippen LogP contribution in [0.2, 0.25) is 5.02 Å². The number of aromatic nitrogens is 1. The first-order valence-electron chi connectivity index (χ1n) is 9.17. The maximum absolute atomic E-state index is 12.5. The van der Waals surface area contributed by atoms with E-state index in [4.69, 9.17) is 16.3 Å². The van der Waals surface area contributed by atoms with E-state index in [2.05, 4.69) is 20.9 Å². The van der Waals surface area contributed by atoms with E-state index in [1.165, 1.54) is 7.11 Å². The number of hydrogen-bond donors (Lipinski definition) is 3. The first-order chi connectivity index (χ1) is 14.5. The van der Waals surface area contributed by atoms with Crippen LogP contribution in [0, 0.1) is 6.92 Å². The number of nitrogens with one attached hydrogen (secondary N) is 3. The van der Waals surface area contributed by atoms with Crippen molar-refractivity contribution in [2.45, 2.75) is 13.3 Å². The Kier molecular flexibility index (Phi) is 7.26. The number of anilines is 2. The molecule has 1 aromatic heterocycles. The van der Waals surface area contributed by atoms with Crippen LogP contribution in [0.15, 0.2) is 48.5 Å². The summed E-state index contributed by atoms with van der Waals surface area (Å²) in [5.74, 6) is 0.320. The van der Waals surface area contributed by atoms with Gasteiger partial charge in [0.1, 0.15) is 10.6 Å². The summed E-state index contributed by atoms with van der Waals surface area (Å²) in [7, 11) is 1.53. The highest BCUT2D eigenvalue weighted by molar-refractivity contribution is 7.17. The second kappa shape index (κ2) is 10.1. The van der Waals surface area contributed by atoms with Crippen LogP contribution in [-0.4, -0.2) is 30.6 Å². The number of hydrogen-bond acceptors (Lipinski definition) is 5. The van der Waals surface area contributed by atoms with Crippen LogP contribution in [0.25, 0.3) is 0 Å². The van der Waals surface area contributed by atoms with Crippen molar-refractivity contribution in [3.8, 4) is 5.75 Å². The molecular formula is C21H21ClN4O3S. The van der Waals surface area contributed by atoms with Gasteiger partial charge in [0.15, 0.2) is 5.13 Å². The van der Waals surface area contributed by atoms with E-state index in [-0.39, 0.29) is 5.91 Å². The monoisotopic (exact) mass is 444 g/mol. The van der Waals surface area contributed by atoms with Crippen LogP contribution in [0.1, 0.15) is 20.9 Å². The summed E-state index contributed by atoms with van der Waals surface area (Å²) in [6.07, 6.45) is 0.688. The number of rotatable bonds is 7. The van der Waals surface area contributed by atoms with Gasteiger partial charge in [-0.25, -0.2) is 9.78 Å². The van der Waals surface area contributed by atoms with Crippen molar-refractivity contribution in [1.29, 1.82) is 0 Å². The molecule has 2 aromatic carbocycles. The van der Waals surface area contributed by atoms with Crippen LogP contribution >= 0.6 is 22.9 Å². The molecule has 0 fully saturated rings. The minimum Gasteiger partial charge on any atom is -0.495 e. The first-order valence-corrected chi connectivity index (χ1v) is 10.4. The molecule has 0 saturated carbocycles. The Balaban J connectivity index is 1.55. The Morgan fingerprint density at radius 3 is 2.57 bits per heavy atom. The molecule has 0 saturated heterocycles. The van der Waals surface area contributed by atoms with Gasteiger partial charge in [-0.15, -0.1) is 0 Å². The maximum Gasteiger partial charge on any atom is 0.325 e. The van der Waals surface area contributed by atoms with Gasteiger partial charge in [-0.1, -0.05) is 47.2 Å². The number of amides is 3. The predicted octanol–water partition coefficient (Wildman–Crippen LogP) is 4.73. The Bertz CT molecular complexity index is 1040. The fraction of sp³-hybridized carbons (Fsp3) is 0.190. The number of nitrogens with zero attached hydrogens (tertiary/aromatic N) is 1. The first kappa shape index (κ1) is 21.6. The number of urea groups is 1. The molecule has 156 valence electrons. The molecule has 0 aliphatic heterocycles. The van der Waals surface area contributed by atoms with Crippen molar-refractivity contribution < 1.29 is 14.3 Å². The fourth-order valence-corrected chi connectivity index (χ4v) is 3.71. The second-order valence-corrected chi connectivity index (χ2v) is 7.78. The Morgan fingerprint density at radius 2 is 1.83 bits per heavy atom. The van der Waals surface area contributed by atoms with Gasteiger partial charge in [0.2, 0.25) is 0 Å². The van der Waals surface area contributed by atoms with E-state index in [1.807, 2.05) is 30.3 Å². The zero-order valence-electron chi connectivity index (χ0n) is 16.5. The van der Waals surface area contributed by atoms with E-state index in [0.29, 0.717) is 45.1 Å². The summed E-state index contributed by atoms with van der Waals surface area (Å²) in [5, 5.41) is 9.25. The number of thiazole rings is 1. The summed E-state index contributed by atoms with van der Waals surface area (Å²) in [4.78, 5) is 29.5. The minimum atomic E-state index is -0.469. The molecule has 3 amide bonds. The Labute approximate surface area is 183 Å². The van der Waals surface area contributed by atoms with E-state index in [1.54, 1.807) is 25.1 Å². The van der Waals surface area contributed by atoms with Crippen molar-refractivity contribution in [2.75, 3.05) is 24.3 Å². The fourth-order valence-electron chi connectivity index (χ4n) is 2.71. The molecule has 0 aliphatic carbocycles. The molecule has 30 heavy (non-hydrogen) atoms. The Morgan fingerprint density at radius 1 is 1.10 bits per heavy atom. The van der Waals surface area contributed by atoms with E-state index < -0.39 is 6.03 Å². The van der Waals surface area contributed by atoms with Crippen molar-refractivity contribution in [2.24, 2.45) is 0 Å².